The molecule has 10 heteroatoms. The Kier molecular flexibility index (Phi) is 7.65. The molecule has 0 heterocycles. The van der Waals surface area contributed by atoms with Crippen molar-refractivity contribution in [3.8, 4) is 5.75 Å². The lowest BCUT2D eigenvalue weighted by molar-refractivity contribution is -0.137. The SMILES string of the molecule is C/C(=N\NC(=O)C(=O)Nc1ccc(C(F)(F)F)cc1)c1ccc(OC(=O)c2ccc(C)cc2)cc1. The number of alkyl halides is 3. The molecule has 0 aliphatic rings. The first-order valence-corrected chi connectivity index (χ1v) is 10.2. The summed E-state index contributed by atoms with van der Waals surface area (Å²) < 4.78 is 43.1. The van der Waals surface area contributed by atoms with Crippen molar-refractivity contribution in [2.45, 2.75) is 20.0 Å². The van der Waals surface area contributed by atoms with E-state index in [1.54, 1.807) is 55.5 Å². The number of nitrogens with one attached hydrogen (secondary N) is 2. The molecule has 0 fully saturated rings. The Morgan fingerprint density at radius 3 is 1.94 bits per heavy atom. The molecule has 3 rings (SSSR count). The fraction of sp³-hybridized carbons (Fsp3) is 0.120. The molecule has 2 amide bonds. The number of hydrogen-bond acceptors (Lipinski definition) is 5. The Morgan fingerprint density at radius 1 is 0.800 bits per heavy atom. The van der Waals surface area contributed by atoms with Crippen molar-refractivity contribution in [1.29, 1.82) is 0 Å². The minimum absolute atomic E-state index is 0.0228. The number of anilines is 1. The first kappa shape index (κ1) is 25.2. The van der Waals surface area contributed by atoms with Crippen LogP contribution in [0, 0.1) is 6.92 Å². The second-order valence-corrected chi connectivity index (χ2v) is 7.45. The number of carbonyl (C=O) groups is 3. The first-order valence-electron chi connectivity index (χ1n) is 10.2. The molecule has 0 spiro atoms. The number of carbonyl (C=O) groups excluding carboxylic acids is 3. The average molecular weight is 483 g/mol. The van der Waals surface area contributed by atoms with E-state index in [-0.39, 0.29) is 5.69 Å². The number of esters is 1. The van der Waals surface area contributed by atoms with Crippen LogP contribution in [0.25, 0.3) is 0 Å². The summed E-state index contributed by atoms with van der Waals surface area (Å²) in [6.07, 6.45) is -4.51. The quantitative estimate of drug-likeness (QED) is 0.181. The normalized spacial score (nSPS) is 11.5. The Labute approximate surface area is 198 Å². The van der Waals surface area contributed by atoms with Crippen LogP contribution in [0.2, 0.25) is 0 Å². The predicted molar refractivity (Wildman–Crippen MR) is 123 cm³/mol. The number of hydrazone groups is 1. The van der Waals surface area contributed by atoms with E-state index < -0.39 is 29.5 Å². The molecule has 0 bridgehead atoms. The molecule has 0 aliphatic heterocycles. The Morgan fingerprint density at radius 2 is 1.37 bits per heavy atom. The van der Waals surface area contributed by atoms with Gasteiger partial charge < -0.3 is 10.1 Å². The fourth-order valence-corrected chi connectivity index (χ4v) is 2.80. The van der Waals surface area contributed by atoms with Gasteiger partial charge in [-0.3, -0.25) is 9.59 Å². The van der Waals surface area contributed by atoms with Crippen molar-refractivity contribution in [3.63, 3.8) is 0 Å². The van der Waals surface area contributed by atoms with Gasteiger partial charge in [0.05, 0.1) is 16.8 Å². The van der Waals surface area contributed by atoms with Gasteiger partial charge >= 0.3 is 24.0 Å². The number of aryl methyl sites for hydroxylation is 1. The van der Waals surface area contributed by atoms with Crippen molar-refractivity contribution in [2.75, 3.05) is 5.32 Å². The highest BCUT2D eigenvalue weighted by atomic mass is 19.4. The van der Waals surface area contributed by atoms with E-state index >= 15 is 0 Å². The summed E-state index contributed by atoms with van der Waals surface area (Å²) in [6.45, 7) is 3.49. The number of ether oxygens (including phenoxy) is 1. The molecular formula is C25H20F3N3O4. The van der Waals surface area contributed by atoms with E-state index in [0.29, 0.717) is 22.6 Å². The monoisotopic (exact) mass is 483 g/mol. The number of hydrogen-bond donors (Lipinski definition) is 2. The fourth-order valence-electron chi connectivity index (χ4n) is 2.80. The van der Waals surface area contributed by atoms with Crippen LogP contribution in [0.5, 0.6) is 5.75 Å². The maximum atomic E-state index is 12.6. The van der Waals surface area contributed by atoms with Gasteiger partial charge in [0.2, 0.25) is 0 Å². The van der Waals surface area contributed by atoms with Crippen molar-refractivity contribution in [1.82, 2.24) is 5.43 Å². The third kappa shape index (κ3) is 7.00. The van der Waals surface area contributed by atoms with Crippen molar-refractivity contribution < 1.29 is 32.3 Å². The first-order chi connectivity index (χ1) is 16.5. The van der Waals surface area contributed by atoms with E-state index in [1.165, 1.54) is 0 Å². The lowest BCUT2D eigenvalue weighted by Gasteiger charge is -2.08. The van der Waals surface area contributed by atoms with Gasteiger partial charge in [-0.25, -0.2) is 10.2 Å². The topological polar surface area (TPSA) is 96.9 Å². The Hall–Kier alpha value is -4.47. The van der Waals surface area contributed by atoms with Crippen molar-refractivity contribution in [2.24, 2.45) is 5.10 Å². The highest BCUT2D eigenvalue weighted by molar-refractivity contribution is 6.39. The molecule has 3 aromatic rings. The van der Waals surface area contributed by atoms with Crippen molar-refractivity contribution >= 4 is 29.2 Å². The molecule has 0 saturated carbocycles. The second kappa shape index (κ2) is 10.6. The maximum Gasteiger partial charge on any atom is 0.416 e. The molecule has 7 nitrogen and oxygen atoms in total. The third-order valence-corrected chi connectivity index (χ3v) is 4.77. The zero-order valence-electron chi connectivity index (χ0n) is 18.6. The number of rotatable bonds is 5. The van der Waals surface area contributed by atoms with Gasteiger partial charge in [-0.05, 0) is 80.1 Å². The molecular weight excluding hydrogens is 463 g/mol. The lowest BCUT2D eigenvalue weighted by atomic mass is 10.1. The zero-order valence-corrected chi connectivity index (χ0v) is 18.6. The highest BCUT2D eigenvalue weighted by Gasteiger charge is 2.30. The number of amides is 2. The summed E-state index contributed by atoms with van der Waals surface area (Å²) in [5.74, 6) is -2.39. The molecule has 2 N–H and O–H groups in total. The summed E-state index contributed by atoms with van der Waals surface area (Å²) in [6, 6.07) is 16.9. The Bertz CT molecular complexity index is 1250. The third-order valence-electron chi connectivity index (χ3n) is 4.77. The summed E-state index contributed by atoms with van der Waals surface area (Å²) in [5, 5.41) is 6.04. The molecule has 0 atom stereocenters. The number of benzene rings is 3. The number of halogens is 3. The molecule has 0 unspecified atom stereocenters. The van der Waals surface area contributed by atoms with Gasteiger partial charge in [0.15, 0.2) is 0 Å². The number of nitrogens with zero attached hydrogens (tertiary/aromatic N) is 1. The minimum Gasteiger partial charge on any atom is -0.423 e. The van der Waals surface area contributed by atoms with E-state index in [9.17, 15) is 27.6 Å². The van der Waals surface area contributed by atoms with Crippen LogP contribution in [0.15, 0.2) is 77.9 Å². The lowest BCUT2D eigenvalue weighted by Crippen LogP contribution is -2.33. The average Bonchev–Trinajstić information content (AvgIpc) is 2.83. The Balaban J connectivity index is 1.55. The molecule has 3 aromatic carbocycles. The van der Waals surface area contributed by atoms with Crippen LogP contribution >= 0.6 is 0 Å². The van der Waals surface area contributed by atoms with Gasteiger partial charge in [0.1, 0.15) is 5.75 Å². The summed E-state index contributed by atoms with van der Waals surface area (Å²) in [7, 11) is 0. The van der Waals surface area contributed by atoms with Gasteiger partial charge in [0.25, 0.3) is 0 Å². The molecule has 0 aromatic heterocycles. The van der Waals surface area contributed by atoms with Crippen LogP contribution in [0.4, 0.5) is 18.9 Å². The molecule has 0 radical (unpaired) electrons. The van der Waals surface area contributed by atoms with Gasteiger partial charge in [-0.1, -0.05) is 17.7 Å². The van der Waals surface area contributed by atoms with E-state index in [4.69, 9.17) is 4.74 Å². The molecule has 0 aliphatic carbocycles. The smallest absolute Gasteiger partial charge is 0.416 e. The summed E-state index contributed by atoms with van der Waals surface area (Å²) in [4.78, 5) is 36.1. The molecule has 35 heavy (non-hydrogen) atoms. The van der Waals surface area contributed by atoms with E-state index in [2.05, 4.69) is 15.8 Å². The molecule has 0 saturated heterocycles. The highest BCUT2D eigenvalue weighted by Crippen LogP contribution is 2.29. The van der Waals surface area contributed by atoms with Crippen LogP contribution in [-0.4, -0.2) is 23.5 Å². The van der Waals surface area contributed by atoms with Gasteiger partial charge in [-0.2, -0.15) is 18.3 Å². The van der Waals surface area contributed by atoms with Crippen LogP contribution < -0.4 is 15.5 Å². The van der Waals surface area contributed by atoms with E-state index in [0.717, 1.165) is 29.8 Å². The predicted octanol–water partition coefficient (Wildman–Crippen LogP) is 4.71. The van der Waals surface area contributed by atoms with Crippen LogP contribution in [0.1, 0.15) is 34.0 Å². The standard InChI is InChI=1S/C25H20F3N3O4/c1-15-3-5-18(6-4-15)24(34)35-21-13-7-17(8-14-21)16(2)30-31-23(33)22(32)29-20-11-9-19(10-12-20)25(26,27)28/h3-14H,1-2H3,(H,29,32)(H,31,33)/b30-16+. The summed E-state index contributed by atoms with van der Waals surface area (Å²) >= 11 is 0. The zero-order chi connectivity index (χ0) is 25.6. The summed E-state index contributed by atoms with van der Waals surface area (Å²) in [5.41, 5.74) is 3.60. The van der Waals surface area contributed by atoms with E-state index in [1.807, 2.05) is 6.92 Å². The van der Waals surface area contributed by atoms with Gasteiger partial charge in [0, 0.05) is 5.69 Å². The van der Waals surface area contributed by atoms with Crippen LogP contribution in [0.3, 0.4) is 0 Å². The largest absolute Gasteiger partial charge is 0.423 e. The van der Waals surface area contributed by atoms with Gasteiger partial charge in [-0.15, -0.1) is 0 Å². The van der Waals surface area contributed by atoms with Crippen LogP contribution in [-0.2, 0) is 15.8 Å². The second-order valence-electron chi connectivity index (χ2n) is 7.45. The van der Waals surface area contributed by atoms with Crippen molar-refractivity contribution in [3.05, 3.63) is 95.1 Å². The maximum absolute atomic E-state index is 12.6. The molecule has 180 valence electrons. The minimum atomic E-state index is -4.51.